The Hall–Kier alpha value is -4.26. The molecular weight excluding hydrogens is 933 g/mol. The quantitative estimate of drug-likeness (QED) is 0.0248. The van der Waals surface area contributed by atoms with Crippen LogP contribution < -0.4 is 4.90 Å². The van der Waals surface area contributed by atoms with Crippen LogP contribution >= 0.6 is 45.3 Å². The zero-order valence-electron chi connectivity index (χ0n) is 42.3. The molecule has 0 fully saturated rings. The summed E-state index contributed by atoms with van der Waals surface area (Å²) in [4.78, 5) is 16.8. The van der Waals surface area contributed by atoms with Gasteiger partial charge in [-0.2, -0.15) is 5.26 Å². The fourth-order valence-electron chi connectivity index (χ4n) is 10.1. The van der Waals surface area contributed by atoms with Gasteiger partial charge in [-0.1, -0.05) is 216 Å². The Morgan fingerprint density at radius 1 is 0.471 bits per heavy atom. The molecule has 0 saturated heterocycles. The highest BCUT2D eigenvalue weighted by atomic mass is 32.1. The summed E-state index contributed by atoms with van der Waals surface area (Å²) in [6.07, 6.45) is 38.2. The number of aryl methyl sites for hydroxylation is 2. The highest BCUT2D eigenvalue weighted by molar-refractivity contribution is 7.45. The molecule has 4 aromatic heterocycles. The highest BCUT2D eigenvalue weighted by Crippen LogP contribution is 2.55. The molecule has 0 atom stereocenters. The van der Waals surface area contributed by atoms with E-state index in [1.807, 2.05) is 40.1 Å². The Labute approximate surface area is 436 Å². The van der Waals surface area contributed by atoms with Crippen molar-refractivity contribution < 1.29 is 9.90 Å². The first-order valence-electron chi connectivity index (χ1n) is 27.3. The third-order valence-corrected chi connectivity index (χ3v) is 19.8. The van der Waals surface area contributed by atoms with Crippen LogP contribution in [0.2, 0.25) is 0 Å². The molecule has 8 heteroatoms. The minimum atomic E-state index is -1.15. The Balaban J connectivity index is 1.11. The molecule has 0 aliphatic heterocycles. The summed E-state index contributed by atoms with van der Waals surface area (Å²) in [5, 5.41) is 19.7. The minimum absolute atomic E-state index is 0.185. The summed E-state index contributed by atoms with van der Waals surface area (Å²) in [5.41, 5.74) is 7.24. The Morgan fingerprint density at radius 2 is 0.843 bits per heavy atom. The number of para-hydroxylation sites is 2. The average Bonchev–Trinajstić information content (AvgIpc) is 4.12. The summed E-state index contributed by atoms with van der Waals surface area (Å²) in [6, 6.07) is 32.5. The number of anilines is 3. The second kappa shape index (κ2) is 29.3. The molecule has 0 spiro atoms. The number of thiophene rings is 4. The fraction of sp³-hybridized carbons (Fsp3) is 0.484. The Bertz CT molecular complexity index is 2660. The third kappa shape index (κ3) is 14.9. The van der Waals surface area contributed by atoms with Gasteiger partial charge in [0.15, 0.2) is 0 Å². The van der Waals surface area contributed by atoms with E-state index >= 15 is 0 Å². The van der Waals surface area contributed by atoms with Crippen LogP contribution in [0.15, 0.2) is 90.5 Å². The molecule has 4 heterocycles. The van der Waals surface area contributed by atoms with Crippen LogP contribution in [0.25, 0.3) is 44.7 Å². The lowest BCUT2D eigenvalue weighted by Gasteiger charge is -2.25. The van der Waals surface area contributed by atoms with Crippen LogP contribution in [0.4, 0.5) is 17.1 Å². The molecule has 3 aromatic carbocycles. The van der Waals surface area contributed by atoms with E-state index in [4.69, 9.17) is 0 Å². The van der Waals surface area contributed by atoms with Crippen LogP contribution in [0.5, 0.6) is 0 Å². The van der Waals surface area contributed by atoms with Crippen molar-refractivity contribution in [2.75, 3.05) is 4.90 Å². The van der Waals surface area contributed by atoms with Gasteiger partial charge in [-0.05, 0) is 84.8 Å². The second-order valence-corrected chi connectivity index (χ2v) is 23.7. The number of nitrogens with zero attached hydrogens (tertiary/aromatic N) is 2. The van der Waals surface area contributed by atoms with E-state index in [-0.39, 0.29) is 5.57 Å². The monoisotopic (exact) mass is 1010 g/mol. The molecule has 0 bridgehead atoms. The number of carboxylic acid groups (broad SMARTS) is 1. The molecule has 0 radical (unpaired) electrons. The summed E-state index contributed by atoms with van der Waals surface area (Å²) in [5.74, 6) is -1.15. The van der Waals surface area contributed by atoms with Gasteiger partial charge in [0.25, 0.3) is 0 Å². The van der Waals surface area contributed by atoms with Crippen LogP contribution in [0.1, 0.15) is 197 Å². The molecule has 0 saturated carbocycles. The number of nitriles is 1. The number of hydrogen-bond acceptors (Lipinski definition) is 7. The number of carbonyl (C=O) groups is 1. The number of benzene rings is 3. The topological polar surface area (TPSA) is 64.3 Å². The standard InChI is InChI=1S/C62H78N2O2S4/c1-3-5-7-9-11-13-15-17-19-21-23-25-33-39-52-54(45-48(46-63)62(65)66)67-58-56(52)69-61-59-57(70-60(58)61)53(40-34-26-24-22-20-18-16-14-12-10-8-6-4-2)55(68-59)47-41-43-51(44-42-47)64(49-35-29-27-30-36-49)50-37-31-28-32-38-50/h27-32,35-38,41-45H,3-26,33-34,39-40H2,1-2H3,(H,65,66)/b48-45-. The van der Waals surface area contributed by atoms with Crippen LogP contribution in [0, 0.1) is 11.3 Å². The van der Waals surface area contributed by atoms with Gasteiger partial charge in [0.05, 0.1) is 28.2 Å². The van der Waals surface area contributed by atoms with Crippen molar-refractivity contribution in [3.63, 3.8) is 0 Å². The van der Waals surface area contributed by atoms with E-state index in [9.17, 15) is 15.2 Å². The predicted octanol–water partition coefficient (Wildman–Crippen LogP) is 21.8. The summed E-state index contributed by atoms with van der Waals surface area (Å²) in [7, 11) is 0. The van der Waals surface area contributed by atoms with Crippen molar-refractivity contribution in [3.05, 3.63) is 107 Å². The minimum Gasteiger partial charge on any atom is -0.477 e. The molecule has 0 unspecified atom stereocenters. The molecule has 4 nitrogen and oxygen atoms in total. The summed E-state index contributed by atoms with van der Waals surface area (Å²) < 4.78 is 8.10. The first kappa shape index (κ1) is 53.5. The molecule has 1 N–H and O–H groups in total. The van der Waals surface area contributed by atoms with E-state index in [0.717, 1.165) is 41.2 Å². The van der Waals surface area contributed by atoms with E-state index in [1.165, 1.54) is 210 Å². The molecule has 70 heavy (non-hydrogen) atoms. The smallest absolute Gasteiger partial charge is 0.346 e. The third-order valence-electron chi connectivity index (χ3n) is 14.1. The zero-order chi connectivity index (χ0) is 48.8. The van der Waals surface area contributed by atoms with E-state index in [1.54, 1.807) is 17.4 Å². The molecule has 7 aromatic rings. The van der Waals surface area contributed by atoms with Gasteiger partial charge in [-0.25, -0.2) is 4.79 Å². The van der Waals surface area contributed by atoms with Gasteiger partial charge in [-0.15, -0.1) is 45.3 Å². The van der Waals surface area contributed by atoms with Gasteiger partial charge >= 0.3 is 5.97 Å². The molecule has 7 rings (SSSR count). The number of unbranched alkanes of at least 4 members (excludes halogenated alkanes) is 24. The predicted molar refractivity (Wildman–Crippen MR) is 311 cm³/mol. The number of hydrogen-bond donors (Lipinski definition) is 1. The van der Waals surface area contributed by atoms with Crippen molar-refractivity contribution in [2.24, 2.45) is 0 Å². The normalized spacial score (nSPS) is 11.9. The SMILES string of the molecule is CCCCCCCCCCCCCCCc1c(/C=C(/C#N)C(=O)O)sc2c1sc1c3sc(-c4ccc(N(c5ccccc5)c5ccccc5)cc4)c(CCCCCCCCCCCCCCC)c3sc21. The van der Waals surface area contributed by atoms with Crippen LogP contribution in [-0.2, 0) is 17.6 Å². The Kier molecular flexibility index (Phi) is 22.4. The number of fused-ring (bicyclic) bond motifs is 5. The molecular formula is C62H78N2O2S4. The number of carboxylic acids is 1. The second-order valence-electron chi connectivity index (χ2n) is 19.5. The van der Waals surface area contributed by atoms with Crippen molar-refractivity contribution >= 4 is 103 Å². The van der Waals surface area contributed by atoms with Gasteiger partial charge in [0.1, 0.15) is 11.6 Å². The van der Waals surface area contributed by atoms with Crippen LogP contribution in [0.3, 0.4) is 0 Å². The molecule has 0 aliphatic carbocycles. The van der Waals surface area contributed by atoms with Gasteiger partial charge in [0.2, 0.25) is 0 Å². The van der Waals surface area contributed by atoms with Crippen molar-refractivity contribution in [2.45, 2.75) is 194 Å². The summed E-state index contributed by atoms with van der Waals surface area (Å²) >= 11 is 7.52. The summed E-state index contributed by atoms with van der Waals surface area (Å²) in [6.45, 7) is 4.58. The zero-order valence-corrected chi connectivity index (χ0v) is 45.6. The van der Waals surface area contributed by atoms with Gasteiger partial charge in [-0.3, -0.25) is 0 Å². The first-order valence-corrected chi connectivity index (χ1v) is 30.6. The van der Waals surface area contributed by atoms with Crippen molar-refractivity contribution in [1.29, 1.82) is 5.26 Å². The maximum absolute atomic E-state index is 12.1. The lowest BCUT2D eigenvalue weighted by molar-refractivity contribution is -0.132. The maximum Gasteiger partial charge on any atom is 0.346 e. The average molecular weight is 1010 g/mol. The lowest BCUT2D eigenvalue weighted by Crippen LogP contribution is -2.09. The lowest BCUT2D eigenvalue weighted by atomic mass is 10.0. The van der Waals surface area contributed by atoms with Gasteiger partial charge < -0.3 is 10.0 Å². The number of aliphatic carboxylic acids is 1. The van der Waals surface area contributed by atoms with E-state index in [2.05, 4.69) is 104 Å². The van der Waals surface area contributed by atoms with Crippen LogP contribution in [-0.4, -0.2) is 11.1 Å². The first-order chi connectivity index (χ1) is 34.5. The van der Waals surface area contributed by atoms with Gasteiger partial charge in [0, 0.05) is 26.8 Å². The maximum atomic E-state index is 12.1. The van der Waals surface area contributed by atoms with Crippen molar-refractivity contribution in [3.8, 4) is 16.5 Å². The largest absolute Gasteiger partial charge is 0.477 e. The van der Waals surface area contributed by atoms with Crippen molar-refractivity contribution in [1.82, 2.24) is 0 Å². The Morgan fingerprint density at radius 3 is 1.27 bits per heavy atom. The molecule has 0 aliphatic rings. The van der Waals surface area contributed by atoms with E-state index in [0.29, 0.717) is 0 Å². The molecule has 0 amide bonds. The van der Waals surface area contributed by atoms with E-state index < -0.39 is 5.97 Å². The number of rotatable bonds is 34. The fourth-order valence-corrected chi connectivity index (χ4v) is 16.3. The highest BCUT2D eigenvalue weighted by Gasteiger charge is 2.25. The molecule has 372 valence electrons.